The second-order valence-electron chi connectivity index (χ2n) is 3.39. The first-order valence-corrected chi connectivity index (χ1v) is 5.12. The largest absolute Gasteiger partial charge is 0.368 e. The number of benzene rings is 1. The van der Waals surface area contributed by atoms with Gasteiger partial charge in [0.1, 0.15) is 0 Å². The summed E-state index contributed by atoms with van der Waals surface area (Å²) in [5, 5.41) is 13.7. The van der Waals surface area contributed by atoms with Crippen molar-refractivity contribution in [2.45, 2.75) is 0 Å². The number of rotatable bonds is 2. The molecule has 0 saturated heterocycles. The van der Waals surface area contributed by atoms with Gasteiger partial charge in [0.25, 0.3) is 0 Å². The maximum atomic E-state index is 11.5. The smallest absolute Gasteiger partial charge is 0.362 e. The second kappa shape index (κ2) is 6.58. The summed E-state index contributed by atoms with van der Waals surface area (Å²) in [4.78, 5) is 32.0. The van der Waals surface area contributed by atoms with E-state index in [4.69, 9.17) is 22.3 Å². The molecule has 0 aliphatic rings. The highest BCUT2D eigenvalue weighted by Gasteiger charge is 2.13. The Morgan fingerprint density at radius 2 is 1.35 bits per heavy atom. The molecule has 0 radical (unpaired) electrons. The van der Waals surface area contributed by atoms with Gasteiger partial charge >= 0.3 is 11.9 Å². The van der Waals surface area contributed by atoms with E-state index in [2.05, 4.69) is 9.68 Å². The van der Waals surface area contributed by atoms with Gasteiger partial charge in [-0.25, -0.2) is 9.59 Å². The van der Waals surface area contributed by atoms with Gasteiger partial charge in [0.05, 0.1) is 11.1 Å². The van der Waals surface area contributed by atoms with Crippen LogP contribution in [0.3, 0.4) is 0 Å². The molecule has 10 heteroatoms. The molecule has 1 rings (SSSR count). The van der Waals surface area contributed by atoms with E-state index in [1.54, 1.807) is 0 Å². The normalized spacial score (nSPS) is 9.20. The molecular formula is C10H12N6O4. The molecule has 0 spiro atoms. The fourth-order valence-electron chi connectivity index (χ4n) is 1.09. The van der Waals surface area contributed by atoms with Crippen LogP contribution in [-0.2, 0) is 9.68 Å². The molecule has 0 aliphatic carbocycles. The van der Waals surface area contributed by atoms with Crippen molar-refractivity contribution >= 4 is 23.9 Å². The molecule has 0 saturated carbocycles. The van der Waals surface area contributed by atoms with Gasteiger partial charge in [0, 0.05) is 0 Å². The number of guanidine groups is 2. The van der Waals surface area contributed by atoms with Crippen LogP contribution in [0.15, 0.2) is 24.3 Å². The Bertz CT molecular complexity index is 513. The highest BCUT2D eigenvalue weighted by Crippen LogP contribution is 2.07. The van der Waals surface area contributed by atoms with E-state index >= 15 is 0 Å². The van der Waals surface area contributed by atoms with Gasteiger partial charge < -0.3 is 21.1 Å². The summed E-state index contributed by atoms with van der Waals surface area (Å²) in [5.74, 6) is -2.76. The first-order chi connectivity index (χ1) is 9.40. The number of nitrogens with one attached hydrogen (secondary N) is 4. The summed E-state index contributed by atoms with van der Waals surface area (Å²) < 4.78 is 0. The predicted octanol–water partition coefficient (Wildman–Crippen LogP) is -1.20. The van der Waals surface area contributed by atoms with Gasteiger partial charge in [-0.3, -0.25) is 10.8 Å². The molecule has 0 aromatic heterocycles. The Morgan fingerprint density at radius 1 is 0.950 bits per heavy atom. The Balaban J connectivity index is 2.74. The predicted molar refractivity (Wildman–Crippen MR) is 67.4 cm³/mol. The zero-order valence-electron chi connectivity index (χ0n) is 10.1. The van der Waals surface area contributed by atoms with Gasteiger partial charge in [-0.2, -0.15) is 11.0 Å². The Labute approximate surface area is 112 Å². The van der Waals surface area contributed by atoms with E-state index < -0.39 is 23.9 Å². The molecule has 8 N–H and O–H groups in total. The average Bonchev–Trinajstić information content (AvgIpc) is 2.42. The monoisotopic (exact) mass is 280 g/mol. The molecule has 0 amide bonds. The molecule has 1 aromatic rings. The lowest BCUT2D eigenvalue weighted by Crippen LogP contribution is -2.33. The van der Waals surface area contributed by atoms with Crippen LogP contribution in [0.4, 0.5) is 0 Å². The zero-order valence-corrected chi connectivity index (χ0v) is 10.1. The van der Waals surface area contributed by atoms with Gasteiger partial charge in [-0.15, -0.1) is 0 Å². The molecular weight excluding hydrogens is 268 g/mol. The van der Waals surface area contributed by atoms with Crippen LogP contribution in [0.25, 0.3) is 0 Å². The van der Waals surface area contributed by atoms with Crippen molar-refractivity contribution in [3.05, 3.63) is 35.4 Å². The summed E-state index contributed by atoms with van der Waals surface area (Å²) >= 11 is 0. The third-order valence-corrected chi connectivity index (χ3v) is 1.84. The summed E-state index contributed by atoms with van der Waals surface area (Å²) in [7, 11) is 0. The minimum absolute atomic E-state index is 0.0380. The summed E-state index contributed by atoms with van der Waals surface area (Å²) in [6, 6.07) is 5.40. The lowest BCUT2D eigenvalue weighted by molar-refractivity contribution is 0.0379. The van der Waals surface area contributed by atoms with E-state index in [1.807, 2.05) is 11.0 Å². The fraction of sp³-hybridized carbons (Fsp3) is 0. The van der Waals surface area contributed by atoms with E-state index in [0.29, 0.717) is 0 Å². The summed E-state index contributed by atoms with van der Waals surface area (Å²) in [6.07, 6.45) is 0. The molecule has 0 fully saturated rings. The molecule has 106 valence electrons. The molecule has 0 bridgehead atoms. The fourth-order valence-corrected chi connectivity index (χ4v) is 1.09. The highest BCUT2D eigenvalue weighted by atomic mass is 16.7. The number of carbonyl (C=O) groups excluding carboxylic acids is 2. The van der Waals surface area contributed by atoms with Crippen LogP contribution in [0, 0.1) is 10.8 Å². The third kappa shape index (κ3) is 4.52. The third-order valence-electron chi connectivity index (χ3n) is 1.84. The molecule has 0 aliphatic heterocycles. The van der Waals surface area contributed by atoms with E-state index in [9.17, 15) is 9.59 Å². The molecule has 0 atom stereocenters. The van der Waals surface area contributed by atoms with E-state index in [-0.39, 0.29) is 11.1 Å². The van der Waals surface area contributed by atoms with Crippen molar-refractivity contribution in [3.63, 3.8) is 0 Å². The average molecular weight is 280 g/mol. The molecule has 1 aromatic carbocycles. The minimum atomic E-state index is -0.839. The number of hydroxylamine groups is 2. The second-order valence-corrected chi connectivity index (χ2v) is 3.39. The number of hydrogen-bond acceptors (Lipinski definition) is 6. The standard InChI is InChI=1S/C10H12N6O4/c11-9(12)15-19-7(17)5-2-1-3-6(4-5)8(18)20-16-10(13)14/h1-4H,(H4,11,12,15)(H4,13,14,16). The van der Waals surface area contributed by atoms with Gasteiger partial charge in [-0.1, -0.05) is 6.07 Å². The minimum Gasteiger partial charge on any atom is -0.368 e. The van der Waals surface area contributed by atoms with Crippen molar-refractivity contribution < 1.29 is 19.3 Å². The topological polar surface area (TPSA) is 176 Å². The van der Waals surface area contributed by atoms with Crippen molar-refractivity contribution in [1.82, 2.24) is 11.0 Å². The zero-order chi connectivity index (χ0) is 15.1. The van der Waals surface area contributed by atoms with Crippen molar-refractivity contribution in [2.24, 2.45) is 11.5 Å². The van der Waals surface area contributed by atoms with E-state index in [1.165, 1.54) is 24.3 Å². The molecule has 10 nitrogen and oxygen atoms in total. The Hall–Kier alpha value is -3.30. The van der Waals surface area contributed by atoms with Crippen LogP contribution in [0.2, 0.25) is 0 Å². The van der Waals surface area contributed by atoms with Crippen molar-refractivity contribution in [2.75, 3.05) is 0 Å². The number of nitrogens with two attached hydrogens (primary N) is 2. The Morgan fingerprint density at radius 3 is 1.70 bits per heavy atom. The number of hydrogen-bond donors (Lipinski definition) is 6. The summed E-state index contributed by atoms with van der Waals surface area (Å²) in [5.41, 5.74) is 13.7. The van der Waals surface area contributed by atoms with Crippen LogP contribution in [0.1, 0.15) is 20.7 Å². The highest BCUT2D eigenvalue weighted by molar-refractivity contribution is 5.95. The number of carbonyl (C=O) groups is 2. The summed E-state index contributed by atoms with van der Waals surface area (Å²) in [6.45, 7) is 0. The van der Waals surface area contributed by atoms with Gasteiger partial charge in [0.2, 0.25) is 11.9 Å². The molecule has 0 unspecified atom stereocenters. The first-order valence-electron chi connectivity index (χ1n) is 5.12. The van der Waals surface area contributed by atoms with Gasteiger partial charge in [-0.05, 0) is 18.2 Å². The SMILES string of the molecule is N=C(N)NOC(=O)c1cccc(C(=O)ONC(=N)N)c1. The lowest BCUT2D eigenvalue weighted by atomic mass is 10.1. The Kier molecular flexibility index (Phi) is 4.86. The van der Waals surface area contributed by atoms with E-state index in [0.717, 1.165) is 0 Å². The molecule has 0 heterocycles. The van der Waals surface area contributed by atoms with Crippen molar-refractivity contribution in [3.8, 4) is 0 Å². The maximum absolute atomic E-state index is 11.5. The van der Waals surface area contributed by atoms with Crippen molar-refractivity contribution in [1.29, 1.82) is 10.8 Å². The van der Waals surface area contributed by atoms with Gasteiger partial charge in [0.15, 0.2) is 0 Å². The van der Waals surface area contributed by atoms with Crippen LogP contribution >= 0.6 is 0 Å². The first kappa shape index (κ1) is 14.8. The molecule has 20 heavy (non-hydrogen) atoms. The lowest BCUT2D eigenvalue weighted by Gasteiger charge is -2.07. The van der Waals surface area contributed by atoms with Crippen LogP contribution in [0.5, 0.6) is 0 Å². The quantitative estimate of drug-likeness (QED) is 0.222. The van der Waals surface area contributed by atoms with Crippen LogP contribution < -0.4 is 22.4 Å². The van der Waals surface area contributed by atoms with Crippen LogP contribution in [-0.4, -0.2) is 23.9 Å². The maximum Gasteiger partial charge on any atom is 0.362 e.